The number of carbonyl (C=O) groups excluding carboxylic acids is 2. The van der Waals surface area contributed by atoms with Gasteiger partial charge in [-0.05, 0) is 31.0 Å². The number of rotatable bonds is 8. The molecule has 1 aliphatic rings. The van der Waals surface area contributed by atoms with Gasteiger partial charge in [-0.1, -0.05) is 60.6 Å². The van der Waals surface area contributed by atoms with Gasteiger partial charge < -0.3 is 14.8 Å². The van der Waals surface area contributed by atoms with Crippen molar-refractivity contribution in [1.29, 1.82) is 0 Å². The van der Waals surface area contributed by atoms with Crippen LogP contribution in [0.4, 0.5) is 5.69 Å². The third-order valence-electron chi connectivity index (χ3n) is 6.20. The number of aryl methyl sites for hydroxylation is 2. The van der Waals surface area contributed by atoms with Gasteiger partial charge in [0, 0.05) is 44.5 Å². The van der Waals surface area contributed by atoms with Gasteiger partial charge in [-0.3, -0.25) is 14.5 Å². The van der Waals surface area contributed by atoms with Crippen molar-refractivity contribution in [2.45, 2.75) is 25.4 Å². The van der Waals surface area contributed by atoms with E-state index in [0.29, 0.717) is 38.5 Å². The lowest BCUT2D eigenvalue weighted by Gasteiger charge is -2.34. The maximum Gasteiger partial charge on any atom is 0.238 e. The van der Waals surface area contributed by atoms with Gasteiger partial charge in [-0.2, -0.15) is 0 Å². The largest absolute Gasteiger partial charge is 0.339 e. The highest BCUT2D eigenvalue weighted by Gasteiger charge is 2.23. The molecule has 1 aromatic heterocycles. The molecular weight excluding hydrogens is 460 g/mol. The van der Waals surface area contributed by atoms with Crippen LogP contribution in [0.5, 0.6) is 0 Å². The van der Waals surface area contributed by atoms with Crippen molar-refractivity contribution in [2.24, 2.45) is 7.05 Å². The molecule has 1 fully saturated rings. The number of para-hydroxylation sites is 1. The number of piperazine rings is 1. The first kappa shape index (κ1) is 24.9. The van der Waals surface area contributed by atoms with Crippen LogP contribution < -0.4 is 5.32 Å². The highest BCUT2D eigenvalue weighted by molar-refractivity contribution is 7.99. The van der Waals surface area contributed by atoms with Crippen LogP contribution in [0, 0.1) is 6.92 Å². The zero-order chi connectivity index (χ0) is 24.8. The third-order valence-corrected chi connectivity index (χ3v) is 7.21. The predicted molar refractivity (Wildman–Crippen MR) is 139 cm³/mol. The van der Waals surface area contributed by atoms with Crippen LogP contribution in [0.1, 0.15) is 18.1 Å². The minimum atomic E-state index is -0.0204. The van der Waals surface area contributed by atoms with Gasteiger partial charge in [0.15, 0.2) is 11.0 Å². The van der Waals surface area contributed by atoms with E-state index in [-0.39, 0.29) is 11.8 Å². The molecule has 1 saturated heterocycles. The van der Waals surface area contributed by atoms with E-state index >= 15 is 0 Å². The molecular formula is C26H32N6O2S. The molecule has 3 aromatic rings. The van der Waals surface area contributed by atoms with Crippen molar-refractivity contribution >= 4 is 29.3 Å². The Morgan fingerprint density at radius 3 is 2.54 bits per heavy atom. The molecule has 2 amide bonds. The SMILES string of the molecule is CCc1ccccc1NC(=O)CN1CCN(C(=O)CSc2nnc(-c3cccc(C)c3)n2C)CC1. The maximum atomic E-state index is 12.8. The Bertz CT molecular complexity index is 1190. The van der Waals surface area contributed by atoms with Crippen molar-refractivity contribution in [2.75, 3.05) is 43.8 Å². The molecule has 0 radical (unpaired) electrons. The Labute approximate surface area is 210 Å². The average molecular weight is 493 g/mol. The van der Waals surface area contributed by atoms with Crippen molar-refractivity contribution < 1.29 is 9.59 Å². The summed E-state index contributed by atoms with van der Waals surface area (Å²) >= 11 is 1.41. The van der Waals surface area contributed by atoms with Crippen LogP contribution >= 0.6 is 11.8 Å². The van der Waals surface area contributed by atoms with E-state index in [1.807, 2.05) is 65.9 Å². The van der Waals surface area contributed by atoms with Gasteiger partial charge in [0.2, 0.25) is 11.8 Å². The molecule has 2 heterocycles. The summed E-state index contributed by atoms with van der Waals surface area (Å²) in [4.78, 5) is 29.3. The van der Waals surface area contributed by atoms with E-state index < -0.39 is 0 Å². The van der Waals surface area contributed by atoms with Crippen LogP contribution in [0.3, 0.4) is 0 Å². The zero-order valence-electron chi connectivity index (χ0n) is 20.5. The highest BCUT2D eigenvalue weighted by Crippen LogP contribution is 2.23. The van der Waals surface area contributed by atoms with Gasteiger partial charge in [-0.25, -0.2) is 0 Å². The van der Waals surface area contributed by atoms with E-state index in [2.05, 4.69) is 33.4 Å². The molecule has 9 heteroatoms. The fraction of sp³-hybridized carbons (Fsp3) is 0.385. The summed E-state index contributed by atoms with van der Waals surface area (Å²) in [6.45, 7) is 7.05. The second-order valence-electron chi connectivity index (χ2n) is 8.74. The molecule has 35 heavy (non-hydrogen) atoms. The molecule has 0 atom stereocenters. The van der Waals surface area contributed by atoms with Crippen LogP contribution in [-0.2, 0) is 23.1 Å². The Morgan fingerprint density at radius 2 is 1.80 bits per heavy atom. The molecule has 4 rings (SSSR count). The molecule has 0 unspecified atom stereocenters. The summed E-state index contributed by atoms with van der Waals surface area (Å²) in [6, 6.07) is 16.0. The molecule has 0 aliphatic carbocycles. The number of amides is 2. The number of aromatic nitrogens is 3. The lowest BCUT2D eigenvalue weighted by Crippen LogP contribution is -2.50. The normalized spacial score (nSPS) is 14.2. The predicted octanol–water partition coefficient (Wildman–Crippen LogP) is 3.23. The first-order chi connectivity index (χ1) is 16.9. The zero-order valence-corrected chi connectivity index (χ0v) is 21.3. The fourth-order valence-corrected chi connectivity index (χ4v) is 5.01. The van der Waals surface area contributed by atoms with Gasteiger partial charge in [0.05, 0.1) is 12.3 Å². The maximum absolute atomic E-state index is 12.8. The Kier molecular flexibility index (Phi) is 8.20. The van der Waals surface area contributed by atoms with Crippen LogP contribution in [-0.4, -0.2) is 74.9 Å². The quantitative estimate of drug-likeness (QED) is 0.486. The molecule has 1 aliphatic heterocycles. The molecule has 0 saturated carbocycles. The summed E-state index contributed by atoms with van der Waals surface area (Å²) in [6.07, 6.45) is 0.872. The number of thioether (sulfide) groups is 1. The van der Waals surface area contributed by atoms with Crippen molar-refractivity contribution in [3.63, 3.8) is 0 Å². The minimum absolute atomic E-state index is 0.0204. The van der Waals surface area contributed by atoms with Gasteiger partial charge in [0.1, 0.15) is 0 Å². The summed E-state index contributed by atoms with van der Waals surface area (Å²) < 4.78 is 1.93. The lowest BCUT2D eigenvalue weighted by molar-refractivity contribution is -0.130. The Balaban J connectivity index is 1.24. The smallest absolute Gasteiger partial charge is 0.238 e. The van der Waals surface area contributed by atoms with Gasteiger partial charge in [-0.15, -0.1) is 10.2 Å². The Hall–Kier alpha value is -3.17. The number of carbonyl (C=O) groups is 2. The standard InChI is InChI=1S/C26H32N6O2S/c1-4-20-9-5-6-11-22(20)27-23(33)17-31-12-14-32(15-13-31)24(34)18-35-26-29-28-25(30(26)3)21-10-7-8-19(2)16-21/h5-11,16H,4,12-15,17-18H2,1-3H3,(H,27,33). The van der Waals surface area contributed by atoms with E-state index in [0.717, 1.165) is 39.8 Å². The summed E-state index contributed by atoms with van der Waals surface area (Å²) in [5, 5.41) is 12.3. The van der Waals surface area contributed by atoms with Crippen LogP contribution in [0.25, 0.3) is 11.4 Å². The van der Waals surface area contributed by atoms with Crippen LogP contribution in [0.2, 0.25) is 0 Å². The summed E-state index contributed by atoms with van der Waals surface area (Å²) in [5.74, 6) is 1.16. The number of nitrogens with zero attached hydrogens (tertiary/aromatic N) is 5. The number of hydrogen-bond acceptors (Lipinski definition) is 6. The number of nitrogens with one attached hydrogen (secondary N) is 1. The molecule has 0 bridgehead atoms. The molecule has 2 aromatic carbocycles. The number of anilines is 1. The lowest BCUT2D eigenvalue weighted by atomic mass is 10.1. The second kappa shape index (κ2) is 11.5. The first-order valence-corrected chi connectivity index (χ1v) is 12.9. The Morgan fingerprint density at radius 1 is 1.03 bits per heavy atom. The number of benzene rings is 2. The van der Waals surface area contributed by atoms with Gasteiger partial charge in [0.25, 0.3) is 0 Å². The molecule has 1 N–H and O–H groups in total. The summed E-state index contributed by atoms with van der Waals surface area (Å²) in [5.41, 5.74) is 4.18. The van der Waals surface area contributed by atoms with Gasteiger partial charge >= 0.3 is 0 Å². The highest BCUT2D eigenvalue weighted by atomic mass is 32.2. The van der Waals surface area contributed by atoms with Crippen LogP contribution in [0.15, 0.2) is 53.7 Å². The monoisotopic (exact) mass is 492 g/mol. The second-order valence-corrected chi connectivity index (χ2v) is 9.68. The molecule has 0 spiro atoms. The average Bonchev–Trinajstić information content (AvgIpc) is 3.23. The van der Waals surface area contributed by atoms with E-state index in [4.69, 9.17) is 0 Å². The molecule has 184 valence electrons. The van der Waals surface area contributed by atoms with E-state index in [9.17, 15) is 9.59 Å². The van der Waals surface area contributed by atoms with Crippen molar-refractivity contribution in [3.05, 3.63) is 59.7 Å². The topological polar surface area (TPSA) is 83.4 Å². The van der Waals surface area contributed by atoms with E-state index in [1.165, 1.54) is 11.8 Å². The van der Waals surface area contributed by atoms with Crippen molar-refractivity contribution in [3.8, 4) is 11.4 Å². The minimum Gasteiger partial charge on any atom is -0.339 e. The number of hydrogen-bond donors (Lipinski definition) is 1. The third kappa shape index (κ3) is 6.29. The molecule has 8 nitrogen and oxygen atoms in total. The van der Waals surface area contributed by atoms with Crippen molar-refractivity contribution in [1.82, 2.24) is 24.6 Å². The fourth-order valence-electron chi connectivity index (χ4n) is 4.19. The first-order valence-electron chi connectivity index (χ1n) is 11.9. The summed E-state index contributed by atoms with van der Waals surface area (Å²) in [7, 11) is 1.92. The van der Waals surface area contributed by atoms with E-state index in [1.54, 1.807) is 0 Å².